The topological polar surface area (TPSA) is 44.1 Å². The second-order valence-electron chi connectivity index (χ2n) is 2.50. The molecule has 1 heterocycles. The Labute approximate surface area is 71.2 Å². The van der Waals surface area contributed by atoms with Crippen LogP contribution in [0.25, 0.3) is 0 Å². The zero-order valence-electron chi connectivity index (χ0n) is 7.50. The molecule has 0 N–H and O–H groups in total. The van der Waals surface area contributed by atoms with E-state index in [1.807, 2.05) is 6.92 Å². The zero-order valence-corrected chi connectivity index (χ0v) is 7.50. The van der Waals surface area contributed by atoms with Crippen molar-refractivity contribution in [1.82, 2.24) is 9.55 Å². The van der Waals surface area contributed by atoms with E-state index in [1.54, 1.807) is 24.7 Å². The van der Waals surface area contributed by atoms with Crippen LogP contribution in [0.15, 0.2) is 6.20 Å². The number of hydrogen-bond acceptors (Lipinski definition) is 3. The number of aromatic nitrogens is 2. The lowest BCUT2D eigenvalue weighted by Crippen LogP contribution is -2.11. The van der Waals surface area contributed by atoms with Crippen molar-refractivity contribution in [3.8, 4) is 0 Å². The summed E-state index contributed by atoms with van der Waals surface area (Å²) >= 11 is 0. The summed E-state index contributed by atoms with van der Waals surface area (Å²) in [5, 5.41) is 0. The molecule has 4 nitrogen and oxygen atoms in total. The van der Waals surface area contributed by atoms with E-state index in [9.17, 15) is 4.79 Å². The molecule has 0 saturated carbocycles. The molecule has 0 spiro atoms. The van der Waals surface area contributed by atoms with E-state index in [1.165, 1.54) is 0 Å². The van der Waals surface area contributed by atoms with Crippen molar-refractivity contribution in [3.63, 3.8) is 0 Å². The van der Waals surface area contributed by atoms with Crippen molar-refractivity contribution in [2.45, 2.75) is 13.8 Å². The molecule has 0 atom stereocenters. The molecule has 0 aliphatic heterocycles. The van der Waals surface area contributed by atoms with Gasteiger partial charge in [-0.25, -0.2) is 9.78 Å². The summed E-state index contributed by atoms with van der Waals surface area (Å²) < 4.78 is 6.51. The number of rotatable bonds is 2. The third-order valence-electron chi connectivity index (χ3n) is 1.68. The molecule has 0 aromatic carbocycles. The SMILES string of the molecule is CCOC(=O)c1ncc(C)n1C. The Morgan fingerprint density at radius 2 is 2.42 bits per heavy atom. The molecule has 0 aliphatic rings. The number of carbonyl (C=O) groups is 1. The van der Waals surface area contributed by atoms with Crippen LogP contribution in [-0.2, 0) is 11.8 Å². The zero-order chi connectivity index (χ0) is 9.14. The fourth-order valence-corrected chi connectivity index (χ4v) is 0.880. The maximum absolute atomic E-state index is 11.2. The Balaban J connectivity index is 2.88. The van der Waals surface area contributed by atoms with Crippen molar-refractivity contribution >= 4 is 5.97 Å². The molecule has 0 amide bonds. The Morgan fingerprint density at radius 3 is 2.83 bits per heavy atom. The maximum atomic E-state index is 11.2. The van der Waals surface area contributed by atoms with E-state index >= 15 is 0 Å². The lowest BCUT2D eigenvalue weighted by molar-refractivity contribution is 0.0507. The van der Waals surface area contributed by atoms with Crippen LogP contribution in [0.3, 0.4) is 0 Å². The van der Waals surface area contributed by atoms with E-state index in [2.05, 4.69) is 4.98 Å². The van der Waals surface area contributed by atoms with Gasteiger partial charge in [-0.2, -0.15) is 0 Å². The number of ether oxygens (including phenoxy) is 1. The summed E-state index contributed by atoms with van der Waals surface area (Å²) in [6.45, 7) is 4.04. The average molecular weight is 168 g/mol. The molecule has 1 aromatic rings. The fourth-order valence-electron chi connectivity index (χ4n) is 0.880. The first kappa shape index (κ1) is 8.77. The summed E-state index contributed by atoms with van der Waals surface area (Å²) in [4.78, 5) is 15.1. The van der Waals surface area contributed by atoms with Crippen LogP contribution in [-0.4, -0.2) is 22.1 Å². The van der Waals surface area contributed by atoms with Crippen molar-refractivity contribution in [2.24, 2.45) is 7.05 Å². The fraction of sp³-hybridized carbons (Fsp3) is 0.500. The normalized spacial score (nSPS) is 9.92. The number of imidazole rings is 1. The Morgan fingerprint density at radius 1 is 1.75 bits per heavy atom. The monoisotopic (exact) mass is 168 g/mol. The van der Waals surface area contributed by atoms with Gasteiger partial charge in [0.05, 0.1) is 6.61 Å². The van der Waals surface area contributed by atoms with Crippen LogP contribution < -0.4 is 0 Å². The average Bonchev–Trinajstić information content (AvgIpc) is 2.34. The van der Waals surface area contributed by atoms with Gasteiger partial charge in [-0.15, -0.1) is 0 Å². The molecule has 12 heavy (non-hydrogen) atoms. The number of esters is 1. The molecule has 0 saturated heterocycles. The van der Waals surface area contributed by atoms with E-state index in [4.69, 9.17) is 4.74 Å². The van der Waals surface area contributed by atoms with Gasteiger partial charge in [0, 0.05) is 18.9 Å². The maximum Gasteiger partial charge on any atom is 0.374 e. The number of hydrogen-bond donors (Lipinski definition) is 0. The van der Waals surface area contributed by atoms with Gasteiger partial charge in [-0.3, -0.25) is 0 Å². The standard InChI is InChI=1S/C8H12N2O2/c1-4-12-8(11)7-9-5-6(2)10(7)3/h5H,4H2,1-3H3. The van der Waals surface area contributed by atoms with E-state index in [0.29, 0.717) is 12.4 Å². The number of aryl methyl sites for hydroxylation is 1. The minimum atomic E-state index is -0.367. The molecule has 0 aliphatic carbocycles. The van der Waals surface area contributed by atoms with Crippen molar-refractivity contribution in [2.75, 3.05) is 6.61 Å². The molecule has 0 bridgehead atoms. The molecular weight excluding hydrogens is 156 g/mol. The van der Waals surface area contributed by atoms with Gasteiger partial charge in [0.25, 0.3) is 0 Å². The van der Waals surface area contributed by atoms with E-state index in [0.717, 1.165) is 5.69 Å². The third kappa shape index (κ3) is 1.47. The van der Waals surface area contributed by atoms with Crippen LogP contribution in [0.1, 0.15) is 23.2 Å². The summed E-state index contributed by atoms with van der Waals surface area (Å²) in [5.74, 6) is -0.0116. The highest BCUT2D eigenvalue weighted by atomic mass is 16.5. The number of nitrogens with zero attached hydrogens (tertiary/aromatic N) is 2. The van der Waals surface area contributed by atoms with E-state index in [-0.39, 0.29) is 5.97 Å². The van der Waals surface area contributed by atoms with Gasteiger partial charge in [-0.05, 0) is 13.8 Å². The van der Waals surface area contributed by atoms with Gasteiger partial charge in [0.15, 0.2) is 0 Å². The first-order valence-electron chi connectivity index (χ1n) is 3.82. The highest BCUT2D eigenvalue weighted by molar-refractivity contribution is 5.85. The van der Waals surface area contributed by atoms with Gasteiger partial charge >= 0.3 is 5.97 Å². The Bertz CT molecular complexity index is 291. The number of carbonyl (C=O) groups excluding carboxylic acids is 1. The first-order chi connectivity index (χ1) is 5.66. The smallest absolute Gasteiger partial charge is 0.374 e. The van der Waals surface area contributed by atoms with Gasteiger partial charge in [0.1, 0.15) is 0 Å². The van der Waals surface area contributed by atoms with Crippen LogP contribution in [0, 0.1) is 6.92 Å². The van der Waals surface area contributed by atoms with Crippen LogP contribution in [0.4, 0.5) is 0 Å². The largest absolute Gasteiger partial charge is 0.460 e. The predicted octanol–water partition coefficient (Wildman–Crippen LogP) is 0.905. The Kier molecular flexibility index (Phi) is 2.47. The summed E-state index contributed by atoms with van der Waals surface area (Å²) in [6, 6.07) is 0. The quantitative estimate of drug-likeness (QED) is 0.616. The van der Waals surface area contributed by atoms with E-state index < -0.39 is 0 Å². The molecule has 0 unspecified atom stereocenters. The first-order valence-corrected chi connectivity index (χ1v) is 3.82. The summed E-state index contributed by atoms with van der Waals surface area (Å²) in [5.41, 5.74) is 0.943. The molecule has 4 heteroatoms. The highest BCUT2D eigenvalue weighted by Crippen LogP contribution is 2.02. The Hall–Kier alpha value is -1.32. The molecular formula is C8H12N2O2. The van der Waals surface area contributed by atoms with Crippen LogP contribution in [0.2, 0.25) is 0 Å². The molecule has 1 rings (SSSR count). The van der Waals surface area contributed by atoms with Gasteiger partial charge in [0.2, 0.25) is 5.82 Å². The van der Waals surface area contributed by atoms with Crippen LogP contribution >= 0.6 is 0 Å². The summed E-state index contributed by atoms with van der Waals surface area (Å²) in [7, 11) is 1.79. The van der Waals surface area contributed by atoms with Gasteiger partial charge < -0.3 is 9.30 Å². The lowest BCUT2D eigenvalue weighted by atomic mass is 10.5. The minimum absolute atomic E-state index is 0.356. The van der Waals surface area contributed by atoms with Gasteiger partial charge in [-0.1, -0.05) is 0 Å². The molecule has 66 valence electrons. The lowest BCUT2D eigenvalue weighted by Gasteiger charge is -2.01. The van der Waals surface area contributed by atoms with Crippen molar-refractivity contribution in [3.05, 3.63) is 17.7 Å². The molecule has 1 aromatic heterocycles. The second kappa shape index (κ2) is 3.38. The minimum Gasteiger partial charge on any atom is -0.460 e. The predicted molar refractivity (Wildman–Crippen MR) is 43.9 cm³/mol. The second-order valence-corrected chi connectivity index (χ2v) is 2.50. The van der Waals surface area contributed by atoms with Crippen molar-refractivity contribution < 1.29 is 9.53 Å². The van der Waals surface area contributed by atoms with Crippen molar-refractivity contribution in [1.29, 1.82) is 0 Å². The third-order valence-corrected chi connectivity index (χ3v) is 1.68. The molecule has 0 fully saturated rings. The molecule has 0 radical (unpaired) electrons. The summed E-state index contributed by atoms with van der Waals surface area (Å²) in [6.07, 6.45) is 1.65. The van der Waals surface area contributed by atoms with Crippen LogP contribution in [0.5, 0.6) is 0 Å². The highest BCUT2D eigenvalue weighted by Gasteiger charge is 2.12.